The van der Waals surface area contributed by atoms with Crippen molar-refractivity contribution >= 4 is 5.91 Å². The number of para-hydroxylation sites is 1. The summed E-state index contributed by atoms with van der Waals surface area (Å²) in [6.07, 6.45) is 1.91. The van der Waals surface area contributed by atoms with Gasteiger partial charge in [-0.05, 0) is 31.5 Å². The largest absolute Gasteiger partial charge is 0.489 e. The van der Waals surface area contributed by atoms with Gasteiger partial charge in [-0.2, -0.15) is 0 Å². The number of hydrogen-bond donors (Lipinski definition) is 2. The molecular weight excluding hydrogens is 235 g/mol. The number of hydrogen-bond acceptors (Lipinski definition) is 3. The third-order valence-electron chi connectivity index (χ3n) is 2.87. The van der Waals surface area contributed by atoms with Gasteiger partial charge in [0.25, 0.3) is 0 Å². The van der Waals surface area contributed by atoms with E-state index in [0.29, 0.717) is 6.54 Å². The predicted molar refractivity (Wildman–Crippen MR) is 65.9 cm³/mol. The van der Waals surface area contributed by atoms with E-state index < -0.39 is 0 Å². The van der Waals surface area contributed by atoms with Gasteiger partial charge in [-0.25, -0.2) is 4.39 Å². The van der Waals surface area contributed by atoms with Crippen LogP contribution in [0.25, 0.3) is 0 Å². The second-order valence-corrected chi connectivity index (χ2v) is 4.22. The van der Waals surface area contributed by atoms with Crippen molar-refractivity contribution in [2.75, 3.05) is 19.7 Å². The Labute approximate surface area is 106 Å². The molecule has 1 heterocycles. The van der Waals surface area contributed by atoms with Gasteiger partial charge >= 0.3 is 0 Å². The standard InChI is InChI=1S/C13H17FN2O2/c14-10-4-1-2-6-12(10)18-9-8-16-13(17)11-5-3-7-15-11/h1-2,4,6,11,15H,3,5,7-9H2,(H,16,17). The summed E-state index contributed by atoms with van der Waals surface area (Å²) in [7, 11) is 0. The minimum Gasteiger partial charge on any atom is -0.489 e. The molecule has 0 spiro atoms. The number of nitrogens with one attached hydrogen (secondary N) is 2. The van der Waals surface area contributed by atoms with E-state index in [-0.39, 0.29) is 30.1 Å². The summed E-state index contributed by atoms with van der Waals surface area (Å²) in [5.41, 5.74) is 0. The van der Waals surface area contributed by atoms with Crippen molar-refractivity contribution in [2.24, 2.45) is 0 Å². The summed E-state index contributed by atoms with van der Waals surface area (Å²) < 4.78 is 18.4. The Morgan fingerprint density at radius 3 is 3.06 bits per heavy atom. The van der Waals surface area contributed by atoms with Gasteiger partial charge in [0.1, 0.15) is 6.61 Å². The highest BCUT2D eigenvalue weighted by atomic mass is 19.1. The molecular formula is C13H17FN2O2. The van der Waals surface area contributed by atoms with Crippen molar-refractivity contribution in [1.29, 1.82) is 0 Å². The molecule has 1 saturated heterocycles. The molecule has 1 aromatic rings. The van der Waals surface area contributed by atoms with E-state index in [1.54, 1.807) is 18.2 Å². The van der Waals surface area contributed by atoms with Crippen molar-refractivity contribution < 1.29 is 13.9 Å². The second-order valence-electron chi connectivity index (χ2n) is 4.22. The molecule has 4 nitrogen and oxygen atoms in total. The van der Waals surface area contributed by atoms with Crippen LogP contribution in [-0.2, 0) is 4.79 Å². The summed E-state index contributed by atoms with van der Waals surface area (Å²) in [5, 5.41) is 5.88. The summed E-state index contributed by atoms with van der Waals surface area (Å²) in [4.78, 5) is 11.6. The first-order valence-corrected chi connectivity index (χ1v) is 6.16. The molecule has 0 bridgehead atoms. The highest BCUT2D eigenvalue weighted by Gasteiger charge is 2.21. The number of carbonyl (C=O) groups is 1. The van der Waals surface area contributed by atoms with Crippen LogP contribution in [0.2, 0.25) is 0 Å². The minimum absolute atomic E-state index is 0.00960. The van der Waals surface area contributed by atoms with Gasteiger partial charge in [-0.15, -0.1) is 0 Å². The van der Waals surface area contributed by atoms with E-state index in [1.807, 2.05) is 0 Å². The average molecular weight is 252 g/mol. The maximum Gasteiger partial charge on any atom is 0.237 e. The minimum atomic E-state index is -0.388. The maximum atomic E-state index is 13.2. The Hall–Kier alpha value is -1.62. The van der Waals surface area contributed by atoms with E-state index in [2.05, 4.69) is 10.6 Å². The van der Waals surface area contributed by atoms with Crippen LogP contribution >= 0.6 is 0 Å². The molecule has 0 saturated carbocycles. The SMILES string of the molecule is O=C(NCCOc1ccccc1F)C1CCCN1. The van der Waals surface area contributed by atoms with Gasteiger partial charge < -0.3 is 15.4 Å². The maximum absolute atomic E-state index is 13.2. The Kier molecular flexibility index (Phi) is 4.52. The van der Waals surface area contributed by atoms with E-state index in [1.165, 1.54) is 6.07 Å². The van der Waals surface area contributed by atoms with Crippen LogP contribution in [0.4, 0.5) is 4.39 Å². The van der Waals surface area contributed by atoms with Crippen molar-refractivity contribution in [2.45, 2.75) is 18.9 Å². The quantitative estimate of drug-likeness (QED) is 0.771. The Morgan fingerprint density at radius 1 is 1.50 bits per heavy atom. The Morgan fingerprint density at radius 2 is 2.33 bits per heavy atom. The van der Waals surface area contributed by atoms with E-state index in [4.69, 9.17) is 4.74 Å². The van der Waals surface area contributed by atoms with Crippen LogP contribution < -0.4 is 15.4 Å². The van der Waals surface area contributed by atoms with Crippen LogP contribution in [0.15, 0.2) is 24.3 Å². The van der Waals surface area contributed by atoms with E-state index >= 15 is 0 Å². The average Bonchev–Trinajstić information content (AvgIpc) is 2.90. The molecule has 98 valence electrons. The molecule has 5 heteroatoms. The van der Waals surface area contributed by atoms with Gasteiger partial charge in [0.2, 0.25) is 5.91 Å². The topological polar surface area (TPSA) is 50.4 Å². The molecule has 1 aromatic carbocycles. The lowest BCUT2D eigenvalue weighted by atomic mass is 10.2. The number of halogens is 1. The van der Waals surface area contributed by atoms with Crippen molar-refractivity contribution in [3.8, 4) is 5.75 Å². The Balaban J connectivity index is 1.67. The summed E-state index contributed by atoms with van der Waals surface area (Å²) in [5.74, 6) is -0.184. The van der Waals surface area contributed by atoms with Gasteiger partial charge in [0.15, 0.2) is 11.6 Å². The highest BCUT2D eigenvalue weighted by Crippen LogP contribution is 2.14. The fourth-order valence-corrected chi connectivity index (χ4v) is 1.93. The zero-order chi connectivity index (χ0) is 12.8. The van der Waals surface area contributed by atoms with Gasteiger partial charge in [0.05, 0.1) is 12.6 Å². The van der Waals surface area contributed by atoms with Crippen LogP contribution in [0.3, 0.4) is 0 Å². The molecule has 2 N–H and O–H groups in total. The first-order valence-electron chi connectivity index (χ1n) is 6.16. The molecule has 1 unspecified atom stereocenters. The van der Waals surface area contributed by atoms with Gasteiger partial charge in [0, 0.05) is 0 Å². The van der Waals surface area contributed by atoms with Gasteiger partial charge in [-0.1, -0.05) is 12.1 Å². The number of carbonyl (C=O) groups excluding carboxylic acids is 1. The van der Waals surface area contributed by atoms with Crippen LogP contribution in [0, 0.1) is 5.82 Å². The lowest BCUT2D eigenvalue weighted by molar-refractivity contribution is -0.122. The van der Waals surface area contributed by atoms with Crippen LogP contribution in [0.1, 0.15) is 12.8 Å². The third-order valence-corrected chi connectivity index (χ3v) is 2.87. The van der Waals surface area contributed by atoms with Crippen molar-refractivity contribution in [1.82, 2.24) is 10.6 Å². The monoisotopic (exact) mass is 252 g/mol. The molecule has 1 atom stereocenters. The lowest BCUT2D eigenvalue weighted by Gasteiger charge is -2.11. The zero-order valence-corrected chi connectivity index (χ0v) is 10.1. The summed E-state index contributed by atoms with van der Waals surface area (Å²) >= 11 is 0. The fourth-order valence-electron chi connectivity index (χ4n) is 1.93. The van der Waals surface area contributed by atoms with Crippen molar-refractivity contribution in [3.63, 3.8) is 0 Å². The second kappa shape index (κ2) is 6.35. The molecule has 1 amide bonds. The molecule has 0 aliphatic carbocycles. The summed E-state index contributed by atoms with van der Waals surface area (Å²) in [6, 6.07) is 6.14. The number of amides is 1. The normalized spacial score (nSPS) is 18.6. The molecule has 0 radical (unpaired) electrons. The molecule has 0 aromatic heterocycles. The zero-order valence-electron chi connectivity index (χ0n) is 10.1. The molecule has 1 aliphatic rings. The van der Waals surface area contributed by atoms with E-state index in [9.17, 15) is 9.18 Å². The molecule has 18 heavy (non-hydrogen) atoms. The Bertz CT molecular complexity index is 406. The molecule has 1 aliphatic heterocycles. The molecule has 2 rings (SSSR count). The summed E-state index contributed by atoms with van der Waals surface area (Å²) in [6.45, 7) is 1.54. The predicted octanol–water partition coefficient (Wildman–Crippen LogP) is 1.07. The fraction of sp³-hybridized carbons (Fsp3) is 0.462. The van der Waals surface area contributed by atoms with E-state index in [0.717, 1.165) is 19.4 Å². The lowest BCUT2D eigenvalue weighted by Crippen LogP contribution is -2.41. The first-order chi connectivity index (χ1) is 8.77. The van der Waals surface area contributed by atoms with Crippen LogP contribution in [0.5, 0.6) is 5.75 Å². The molecule has 1 fully saturated rings. The smallest absolute Gasteiger partial charge is 0.237 e. The van der Waals surface area contributed by atoms with Crippen LogP contribution in [-0.4, -0.2) is 31.6 Å². The van der Waals surface area contributed by atoms with Gasteiger partial charge in [-0.3, -0.25) is 4.79 Å². The van der Waals surface area contributed by atoms with Crippen molar-refractivity contribution in [3.05, 3.63) is 30.1 Å². The third kappa shape index (κ3) is 3.43. The first kappa shape index (κ1) is 12.8. The number of benzene rings is 1. The number of ether oxygens (including phenoxy) is 1. The highest BCUT2D eigenvalue weighted by molar-refractivity contribution is 5.81. The number of rotatable bonds is 5.